The lowest BCUT2D eigenvalue weighted by atomic mass is 10.1. The van der Waals surface area contributed by atoms with E-state index in [2.05, 4.69) is 45.7 Å². The smallest absolute Gasteiger partial charge is 0.298 e. The number of aryl methyl sites for hydroxylation is 1. The number of carbonyl (C=O) groups excluding carboxylic acids is 1. The summed E-state index contributed by atoms with van der Waals surface area (Å²) in [6.45, 7) is 1.54. The van der Waals surface area contributed by atoms with E-state index in [4.69, 9.17) is 4.42 Å². The van der Waals surface area contributed by atoms with Crippen LogP contribution in [0.2, 0.25) is 0 Å². The average molecular weight is 396 g/mol. The van der Waals surface area contributed by atoms with Gasteiger partial charge in [-0.25, -0.2) is 0 Å². The fraction of sp³-hybridized carbons (Fsp3) is 0.364. The number of amides is 1. The lowest BCUT2D eigenvalue weighted by Gasteiger charge is -2.23. The summed E-state index contributed by atoms with van der Waals surface area (Å²) in [7, 11) is 0. The Balaban J connectivity index is 1.30. The molecule has 1 saturated heterocycles. The molecule has 1 aliphatic rings. The number of benzene rings is 2. The zero-order chi connectivity index (χ0) is 19.3. The fourth-order valence-corrected chi connectivity index (χ4v) is 4.06. The second-order valence-corrected chi connectivity index (χ2v) is 7.99. The lowest BCUT2D eigenvalue weighted by molar-refractivity contribution is -0.121. The third kappa shape index (κ3) is 4.33. The van der Waals surface area contributed by atoms with Gasteiger partial charge in [0.25, 0.3) is 6.01 Å². The Bertz CT molecular complexity index is 905. The highest BCUT2D eigenvalue weighted by Gasteiger charge is 2.28. The molecule has 1 aromatic heterocycles. The number of carbonyl (C=O) groups is 1. The SMILES string of the molecule is CSc1ccc(CCC(=O)NC[C@@H]2CCCN2c2nc3ccccc3o2)cc1. The molecule has 0 bridgehead atoms. The van der Waals surface area contributed by atoms with E-state index in [9.17, 15) is 4.79 Å². The van der Waals surface area contributed by atoms with Gasteiger partial charge in [0.15, 0.2) is 5.58 Å². The van der Waals surface area contributed by atoms with E-state index >= 15 is 0 Å². The number of hydrogen-bond donors (Lipinski definition) is 1. The van der Waals surface area contributed by atoms with E-state index in [0.29, 0.717) is 19.0 Å². The monoisotopic (exact) mass is 395 g/mol. The number of fused-ring (bicyclic) bond motifs is 1. The number of para-hydroxylation sites is 2. The first-order chi connectivity index (χ1) is 13.7. The minimum atomic E-state index is 0.0957. The molecular weight excluding hydrogens is 370 g/mol. The summed E-state index contributed by atoms with van der Waals surface area (Å²) in [5.74, 6) is 0.0957. The van der Waals surface area contributed by atoms with E-state index < -0.39 is 0 Å². The van der Waals surface area contributed by atoms with Crippen molar-refractivity contribution in [2.45, 2.75) is 36.6 Å². The van der Waals surface area contributed by atoms with E-state index in [1.165, 1.54) is 10.5 Å². The van der Waals surface area contributed by atoms with Crippen molar-refractivity contribution in [3.05, 3.63) is 54.1 Å². The molecule has 0 unspecified atom stereocenters. The molecule has 1 aliphatic heterocycles. The standard InChI is InChI=1S/C22H25N3O2S/c1-28-18-11-8-16(9-12-18)10-13-21(26)23-15-17-5-4-14-25(17)22-24-19-6-2-3-7-20(19)27-22/h2-3,6-9,11-12,17H,4-5,10,13-15H2,1H3,(H,23,26)/t17-/m0/s1. The molecular formula is C22H25N3O2S. The minimum absolute atomic E-state index is 0.0957. The van der Waals surface area contributed by atoms with E-state index in [0.717, 1.165) is 36.9 Å². The number of hydrogen-bond acceptors (Lipinski definition) is 5. The maximum Gasteiger partial charge on any atom is 0.298 e. The summed E-state index contributed by atoms with van der Waals surface area (Å²) in [6.07, 6.45) is 5.46. The molecule has 0 spiro atoms. The van der Waals surface area contributed by atoms with Crippen molar-refractivity contribution >= 4 is 34.8 Å². The Labute approximate surface area is 169 Å². The first kappa shape index (κ1) is 18.9. The van der Waals surface area contributed by atoms with Crippen molar-refractivity contribution in [3.8, 4) is 0 Å². The Hall–Kier alpha value is -2.47. The van der Waals surface area contributed by atoms with Crippen LogP contribution in [0.4, 0.5) is 6.01 Å². The summed E-state index contributed by atoms with van der Waals surface area (Å²) in [6, 6.07) is 17.1. The van der Waals surface area contributed by atoms with E-state index in [-0.39, 0.29) is 11.9 Å². The second-order valence-electron chi connectivity index (χ2n) is 7.11. The zero-order valence-corrected chi connectivity index (χ0v) is 16.9. The Morgan fingerprint density at radius 3 is 2.86 bits per heavy atom. The maximum absolute atomic E-state index is 12.3. The number of aromatic nitrogens is 1. The largest absolute Gasteiger partial charge is 0.423 e. The topological polar surface area (TPSA) is 58.4 Å². The molecule has 1 fully saturated rings. The minimum Gasteiger partial charge on any atom is -0.423 e. The number of rotatable bonds is 7. The quantitative estimate of drug-likeness (QED) is 0.606. The van der Waals surface area contributed by atoms with Crippen LogP contribution in [0.5, 0.6) is 0 Å². The summed E-state index contributed by atoms with van der Waals surface area (Å²) in [4.78, 5) is 20.3. The molecule has 146 valence electrons. The van der Waals surface area contributed by atoms with Crippen molar-refractivity contribution < 1.29 is 9.21 Å². The number of oxazole rings is 1. The number of nitrogens with one attached hydrogen (secondary N) is 1. The highest BCUT2D eigenvalue weighted by Crippen LogP contribution is 2.28. The van der Waals surface area contributed by atoms with Crippen molar-refractivity contribution in [2.24, 2.45) is 0 Å². The van der Waals surface area contributed by atoms with Crippen LogP contribution < -0.4 is 10.2 Å². The third-order valence-corrected chi connectivity index (χ3v) is 5.98. The van der Waals surface area contributed by atoms with E-state index in [1.54, 1.807) is 11.8 Å². The van der Waals surface area contributed by atoms with Gasteiger partial charge in [-0.2, -0.15) is 4.98 Å². The van der Waals surface area contributed by atoms with Crippen LogP contribution in [0.25, 0.3) is 11.1 Å². The molecule has 2 aromatic carbocycles. The van der Waals surface area contributed by atoms with Crippen LogP contribution in [-0.4, -0.2) is 36.3 Å². The molecule has 5 nitrogen and oxygen atoms in total. The molecule has 4 rings (SSSR count). The normalized spacial score (nSPS) is 16.6. The molecule has 1 atom stereocenters. The van der Waals surface area contributed by atoms with Gasteiger partial charge in [-0.3, -0.25) is 4.79 Å². The van der Waals surface area contributed by atoms with Gasteiger partial charge in [-0.05, 0) is 55.3 Å². The van der Waals surface area contributed by atoms with Crippen LogP contribution in [0, 0.1) is 0 Å². The fourth-order valence-electron chi connectivity index (χ4n) is 3.65. The molecule has 0 aliphatic carbocycles. The van der Waals surface area contributed by atoms with Gasteiger partial charge in [-0.1, -0.05) is 24.3 Å². The van der Waals surface area contributed by atoms with Gasteiger partial charge in [-0.15, -0.1) is 11.8 Å². The maximum atomic E-state index is 12.3. The Kier molecular flexibility index (Phi) is 5.86. The predicted molar refractivity (Wildman–Crippen MR) is 114 cm³/mol. The van der Waals surface area contributed by atoms with Crippen LogP contribution in [0.1, 0.15) is 24.8 Å². The van der Waals surface area contributed by atoms with Gasteiger partial charge in [0.2, 0.25) is 5.91 Å². The highest BCUT2D eigenvalue weighted by atomic mass is 32.2. The molecule has 0 radical (unpaired) electrons. The predicted octanol–water partition coefficient (Wildman–Crippen LogP) is 4.27. The van der Waals surface area contributed by atoms with Gasteiger partial charge in [0.05, 0.1) is 6.04 Å². The number of nitrogens with zero attached hydrogens (tertiary/aromatic N) is 2. The van der Waals surface area contributed by atoms with Crippen LogP contribution >= 0.6 is 11.8 Å². The summed E-state index contributed by atoms with van der Waals surface area (Å²) in [5, 5.41) is 3.10. The van der Waals surface area contributed by atoms with Gasteiger partial charge in [0, 0.05) is 24.4 Å². The number of anilines is 1. The van der Waals surface area contributed by atoms with Gasteiger partial charge < -0.3 is 14.6 Å². The van der Waals surface area contributed by atoms with Crippen LogP contribution in [0.3, 0.4) is 0 Å². The first-order valence-electron chi connectivity index (χ1n) is 9.75. The molecule has 0 saturated carbocycles. The van der Waals surface area contributed by atoms with Crippen LogP contribution in [-0.2, 0) is 11.2 Å². The van der Waals surface area contributed by atoms with Crippen molar-refractivity contribution in [3.63, 3.8) is 0 Å². The average Bonchev–Trinajstić information content (AvgIpc) is 3.37. The molecule has 2 heterocycles. The zero-order valence-electron chi connectivity index (χ0n) is 16.1. The van der Waals surface area contributed by atoms with Crippen molar-refractivity contribution in [1.82, 2.24) is 10.3 Å². The summed E-state index contributed by atoms with van der Waals surface area (Å²) >= 11 is 1.73. The Morgan fingerprint density at radius 1 is 1.25 bits per heavy atom. The van der Waals surface area contributed by atoms with Crippen molar-refractivity contribution in [1.29, 1.82) is 0 Å². The van der Waals surface area contributed by atoms with Gasteiger partial charge in [0.1, 0.15) is 5.52 Å². The number of thioether (sulfide) groups is 1. The molecule has 3 aromatic rings. The molecule has 1 N–H and O–H groups in total. The second kappa shape index (κ2) is 8.69. The third-order valence-electron chi connectivity index (χ3n) is 5.24. The summed E-state index contributed by atoms with van der Waals surface area (Å²) < 4.78 is 5.91. The molecule has 1 amide bonds. The highest BCUT2D eigenvalue weighted by molar-refractivity contribution is 7.98. The first-order valence-corrected chi connectivity index (χ1v) is 11.0. The Morgan fingerprint density at radius 2 is 2.07 bits per heavy atom. The van der Waals surface area contributed by atoms with Crippen molar-refractivity contribution in [2.75, 3.05) is 24.2 Å². The summed E-state index contributed by atoms with van der Waals surface area (Å²) in [5.41, 5.74) is 2.88. The molecule has 6 heteroatoms. The van der Waals surface area contributed by atoms with E-state index in [1.807, 2.05) is 24.3 Å². The molecule has 28 heavy (non-hydrogen) atoms. The lowest BCUT2D eigenvalue weighted by Crippen LogP contribution is -2.40. The van der Waals surface area contributed by atoms with Crippen LogP contribution in [0.15, 0.2) is 57.8 Å². The van der Waals surface area contributed by atoms with Gasteiger partial charge >= 0.3 is 0 Å².